The van der Waals surface area contributed by atoms with Crippen molar-refractivity contribution < 1.29 is 14.3 Å². The monoisotopic (exact) mass is 338 g/mol. The van der Waals surface area contributed by atoms with Gasteiger partial charge in [0.15, 0.2) is 11.5 Å². The molecule has 0 bridgehead atoms. The van der Waals surface area contributed by atoms with Crippen LogP contribution >= 0.6 is 11.8 Å². The zero-order valence-electron chi connectivity index (χ0n) is 14.7. The summed E-state index contributed by atoms with van der Waals surface area (Å²) in [6.45, 7) is 5.07. The highest BCUT2D eigenvalue weighted by Crippen LogP contribution is 2.39. The molecule has 0 saturated heterocycles. The molecule has 0 fully saturated rings. The average molecular weight is 339 g/mol. The zero-order chi connectivity index (χ0) is 16.9. The van der Waals surface area contributed by atoms with Crippen LogP contribution in [0.4, 0.5) is 0 Å². The largest absolute Gasteiger partial charge is 0.493 e. The van der Waals surface area contributed by atoms with Crippen molar-refractivity contribution in [2.75, 3.05) is 19.5 Å². The second kappa shape index (κ2) is 12.3. The molecular formula is C19H30O3S. The molecule has 0 aliphatic rings. The van der Waals surface area contributed by atoms with Crippen LogP contribution in [-0.2, 0) is 0 Å². The van der Waals surface area contributed by atoms with Crippen molar-refractivity contribution in [3.63, 3.8) is 0 Å². The fourth-order valence-corrected chi connectivity index (χ4v) is 3.27. The summed E-state index contributed by atoms with van der Waals surface area (Å²) in [7, 11) is 1.62. The van der Waals surface area contributed by atoms with Crippen molar-refractivity contribution in [1.29, 1.82) is 0 Å². The highest BCUT2D eigenvalue weighted by molar-refractivity contribution is 7.99. The van der Waals surface area contributed by atoms with Gasteiger partial charge in [0.05, 0.1) is 18.6 Å². The Bertz CT molecular complexity index is 460. The third kappa shape index (κ3) is 7.30. The summed E-state index contributed by atoms with van der Waals surface area (Å²) in [5.41, 5.74) is 0.632. The van der Waals surface area contributed by atoms with E-state index in [1.807, 2.05) is 6.07 Å². The van der Waals surface area contributed by atoms with Crippen LogP contribution in [0.2, 0.25) is 0 Å². The number of thioether (sulfide) groups is 1. The Morgan fingerprint density at radius 3 is 2.43 bits per heavy atom. The summed E-state index contributed by atoms with van der Waals surface area (Å²) < 4.78 is 11.4. The Hall–Kier alpha value is -1.16. The van der Waals surface area contributed by atoms with Gasteiger partial charge in [-0.3, -0.25) is 4.79 Å². The fraction of sp³-hybridized carbons (Fsp3) is 0.632. The number of unbranched alkanes of at least 4 members (excludes halogenated alkanes) is 5. The molecule has 3 nitrogen and oxygen atoms in total. The second-order valence-corrected chi connectivity index (χ2v) is 6.77. The van der Waals surface area contributed by atoms with E-state index in [-0.39, 0.29) is 0 Å². The lowest BCUT2D eigenvalue weighted by Crippen LogP contribution is -2.02. The lowest BCUT2D eigenvalue weighted by Gasteiger charge is -2.15. The molecule has 0 aromatic heterocycles. The molecule has 0 aliphatic heterocycles. The summed E-state index contributed by atoms with van der Waals surface area (Å²) in [5, 5.41) is 0. The van der Waals surface area contributed by atoms with Gasteiger partial charge in [-0.1, -0.05) is 46.0 Å². The van der Waals surface area contributed by atoms with E-state index in [4.69, 9.17) is 9.47 Å². The molecule has 0 heterocycles. The van der Waals surface area contributed by atoms with E-state index in [0.29, 0.717) is 17.9 Å². The number of hydrogen-bond acceptors (Lipinski definition) is 4. The number of hydrogen-bond donors (Lipinski definition) is 0. The Morgan fingerprint density at radius 2 is 1.78 bits per heavy atom. The van der Waals surface area contributed by atoms with E-state index in [1.54, 1.807) is 24.9 Å². The topological polar surface area (TPSA) is 35.5 Å². The van der Waals surface area contributed by atoms with Crippen molar-refractivity contribution >= 4 is 18.0 Å². The van der Waals surface area contributed by atoms with E-state index in [2.05, 4.69) is 13.8 Å². The minimum atomic E-state index is 0.632. The molecule has 0 spiro atoms. The molecule has 130 valence electrons. The Morgan fingerprint density at radius 1 is 1.04 bits per heavy atom. The number of benzene rings is 1. The molecule has 4 heteroatoms. The highest BCUT2D eigenvalue weighted by atomic mass is 32.2. The van der Waals surface area contributed by atoms with Gasteiger partial charge in [0.2, 0.25) is 0 Å². The second-order valence-electron chi connectivity index (χ2n) is 5.63. The predicted octanol–water partition coefficient (Wildman–Crippen LogP) is 5.75. The minimum Gasteiger partial charge on any atom is -0.493 e. The number of carbonyl (C=O) groups is 1. The lowest BCUT2D eigenvalue weighted by atomic mass is 10.1. The molecule has 1 rings (SSSR count). The van der Waals surface area contributed by atoms with Gasteiger partial charge in [-0.25, -0.2) is 0 Å². The fourth-order valence-electron chi connectivity index (χ4n) is 2.33. The number of ether oxygens (including phenoxy) is 2. The lowest BCUT2D eigenvalue weighted by molar-refractivity contribution is 0.112. The van der Waals surface area contributed by atoms with Gasteiger partial charge >= 0.3 is 0 Å². The third-order valence-electron chi connectivity index (χ3n) is 3.61. The Labute approximate surface area is 145 Å². The molecule has 0 aliphatic carbocycles. The number of rotatable bonds is 13. The number of carbonyl (C=O) groups excluding carboxylic acids is 1. The summed E-state index contributed by atoms with van der Waals surface area (Å²) >= 11 is 1.72. The standard InChI is InChI=1S/C19H30O3S/c1-4-6-7-8-9-10-11-22-19-17(21-3)13-16(15-20)14-18(19)23-12-5-2/h13-15H,4-12H2,1-3H3. The maximum Gasteiger partial charge on any atom is 0.174 e. The first-order valence-corrected chi connectivity index (χ1v) is 9.68. The van der Waals surface area contributed by atoms with E-state index in [1.165, 1.54) is 32.1 Å². The van der Waals surface area contributed by atoms with Gasteiger partial charge in [0.25, 0.3) is 0 Å². The molecule has 23 heavy (non-hydrogen) atoms. The van der Waals surface area contributed by atoms with Crippen LogP contribution in [0, 0.1) is 0 Å². The third-order valence-corrected chi connectivity index (χ3v) is 4.83. The van der Waals surface area contributed by atoms with Gasteiger partial charge < -0.3 is 9.47 Å². The van der Waals surface area contributed by atoms with E-state index < -0.39 is 0 Å². The maximum absolute atomic E-state index is 11.1. The average Bonchev–Trinajstić information content (AvgIpc) is 2.59. The SMILES string of the molecule is CCCCCCCCOc1c(OC)cc(C=O)cc1SCCC. The van der Waals surface area contributed by atoms with Crippen LogP contribution in [0.5, 0.6) is 11.5 Å². The van der Waals surface area contributed by atoms with E-state index in [9.17, 15) is 4.79 Å². The molecule has 0 N–H and O–H groups in total. The predicted molar refractivity (Wildman–Crippen MR) is 98.3 cm³/mol. The summed E-state index contributed by atoms with van der Waals surface area (Å²) in [5.74, 6) is 2.43. The van der Waals surface area contributed by atoms with Crippen molar-refractivity contribution in [2.24, 2.45) is 0 Å². The summed E-state index contributed by atoms with van der Waals surface area (Å²) in [6, 6.07) is 3.64. The zero-order valence-corrected chi connectivity index (χ0v) is 15.5. The van der Waals surface area contributed by atoms with Gasteiger partial charge in [0.1, 0.15) is 6.29 Å². The molecule has 0 saturated carbocycles. The van der Waals surface area contributed by atoms with Crippen LogP contribution in [-0.4, -0.2) is 25.8 Å². The first-order valence-electron chi connectivity index (χ1n) is 8.69. The quantitative estimate of drug-likeness (QED) is 0.261. The van der Waals surface area contributed by atoms with Crippen LogP contribution in [0.1, 0.15) is 69.2 Å². The molecular weight excluding hydrogens is 308 g/mol. The molecule has 1 aromatic rings. The van der Waals surface area contributed by atoms with Crippen LogP contribution in [0.3, 0.4) is 0 Å². The normalized spacial score (nSPS) is 10.6. The van der Waals surface area contributed by atoms with Gasteiger partial charge in [-0.2, -0.15) is 0 Å². The number of aldehydes is 1. The minimum absolute atomic E-state index is 0.632. The van der Waals surface area contributed by atoms with Crippen LogP contribution < -0.4 is 9.47 Å². The summed E-state index contributed by atoms with van der Waals surface area (Å²) in [4.78, 5) is 12.1. The molecule has 0 atom stereocenters. The molecule has 0 amide bonds. The maximum atomic E-state index is 11.1. The van der Waals surface area contributed by atoms with Crippen LogP contribution in [0.15, 0.2) is 17.0 Å². The summed E-state index contributed by atoms with van der Waals surface area (Å²) in [6.07, 6.45) is 9.37. The van der Waals surface area contributed by atoms with Gasteiger partial charge in [-0.15, -0.1) is 11.8 Å². The van der Waals surface area contributed by atoms with Crippen LogP contribution in [0.25, 0.3) is 0 Å². The van der Waals surface area contributed by atoms with Gasteiger partial charge in [0, 0.05) is 5.56 Å². The molecule has 0 radical (unpaired) electrons. The smallest absolute Gasteiger partial charge is 0.174 e. The Kier molecular flexibility index (Phi) is 10.6. The number of methoxy groups -OCH3 is 1. The van der Waals surface area contributed by atoms with Crippen molar-refractivity contribution in [3.05, 3.63) is 17.7 Å². The van der Waals surface area contributed by atoms with Crippen molar-refractivity contribution in [2.45, 2.75) is 63.7 Å². The molecule has 1 aromatic carbocycles. The Balaban J connectivity index is 2.64. The first kappa shape index (κ1) is 19.9. The highest BCUT2D eigenvalue weighted by Gasteiger charge is 2.13. The molecule has 0 unspecified atom stereocenters. The van der Waals surface area contributed by atoms with Crippen molar-refractivity contribution in [1.82, 2.24) is 0 Å². The van der Waals surface area contributed by atoms with Crippen molar-refractivity contribution in [3.8, 4) is 11.5 Å². The van der Waals surface area contributed by atoms with E-state index >= 15 is 0 Å². The first-order chi connectivity index (χ1) is 11.3. The van der Waals surface area contributed by atoms with E-state index in [0.717, 1.165) is 35.5 Å². The van der Waals surface area contributed by atoms with Gasteiger partial charge in [-0.05, 0) is 30.7 Å².